The number of benzene rings is 4. The highest BCUT2D eigenvalue weighted by Crippen LogP contribution is 2.46. The van der Waals surface area contributed by atoms with Gasteiger partial charge in [0.25, 0.3) is 0 Å². The lowest BCUT2D eigenvalue weighted by Gasteiger charge is -2.49. The van der Waals surface area contributed by atoms with E-state index in [0.29, 0.717) is 23.3 Å². The predicted molar refractivity (Wildman–Crippen MR) is 173 cm³/mol. The van der Waals surface area contributed by atoms with Crippen LogP contribution in [0.2, 0.25) is 0 Å². The van der Waals surface area contributed by atoms with E-state index < -0.39 is 11.5 Å². The van der Waals surface area contributed by atoms with Gasteiger partial charge in [0, 0.05) is 21.3 Å². The van der Waals surface area contributed by atoms with Crippen molar-refractivity contribution in [3.8, 4) is 5.88 Å². The molecule has 0 N–H and O–H groups in total. The van der Waals surface area contributed by atoms with Gasteiger partial charge < -0.3 is 14.3 Å². The van der Waals surface area contributed by atoms with Crippen LogP contribution < -0.4 is 9.84 Å². The Balaban J connectivity index is 0.00000353. The summed E-state index contributed by atoms with van der Waals surface area (Å²) in [7, 11) is 8.03. The van der Waals surface area contributed by atoms with Gasteiger partial charge in [-0.25, -0.2) is 4.98 Å². The van der Waals surface area contributed by atoms with Gasteiger partial charge in [-0.15, -0.1) is 24.0 Å². The molecule has 5 aromatic rings. The van der Waals surface area contributed by atoms with E-state index in [-0.39, 0.29) is 24.0 Å². The Morgan fingerprint density at radius 2 is 1.54 bits per heavy atom. The fourth-order valence-electron chi connectivity index (χ4n) is 5.27. The first-order valence-corrected chi connectivity index (χ1v) is 13.7. The molecular weight excluding hydrogens is 663 g/mol. The molecule has 0 saturated carbocycles. The summed E-state index contributed by atoms with van der Waals surface area (Å²) in [4.78, 5) is 4.86. The second kappa shape index (κ2) is 11.9. The van der Waals surface area contributed by atoms with Gasteiger partial charge in [-0.1, -0.05) is 99.9 Å². The minimum absolute atomic E-state index is 0. The molecule has 39 heavy (non-hydrogen) atoms. The highest BCUT2D eigenvalue weighted by molar-refractivity contribution is 14.0. The smallest absolute Gasteiger partial charge is 0.217 e. The van der Waals surface area contributed by atoms with Gasteiger partial charge in [-0.3, -0.25) is 0 Å². The number of pyridine rings is 1. The van der Waals surface area contributed by atoms with Gasteiger partial charge in [-0.2, -0.15) is 0 Å². The SMILES string of the molecule is COc1nc2ccc(Br)cc2cc1C(c1ccccc1)C([O-])(CC[N+](C)(C)C)c1ccc2ccccc2c1.I. The van der Waals surface area contributed by atoms with Crippen molar-refractivity contribution < 1.29 is 14.3 Å². The summed E-state index contributed by atoms with van der Waals surface area (Å²) in [5.41, 5.74) is 1.87. The Morgan fingerprint density at radius 3 is 2.23 bits per heavy atom. The van der Waals surface area contributed by atoms with E-state index in [9.17, 15) is 0 Å². The highest BCUT2D eigenvalue weighted by atomic mass is 127. The van der Waals surface area contributed by atoms with Crippen molar-refractivity contribution in [3.05, 3.63) is 118 Å². The molecule has 0 amide bonds. The Bertz CT molecular complexity index is 1590. The van der Waals surface area contributed by atoms with Crippen LogP contribution in [0.4, 0.5) is 0 Å². The Morgan fingerprint density at radius 1 is 0.846 bits per heavy atom. The summed E-state index contributed by atoms with van der Waals surface area (Å²) < 4.78 is 7.53. The average Bonchev–Trinajstić information content (AvgIpc) is 2.91. The van der Waals surface area contributed by atoms with Crippen LogP contribution in [0.3, 0.4) is 0 Å². The maximum atomic E-state index is 15.7. The van der Waals surface area contributed by atoms with Crippen LogP contribution in [0.15, 0.2) is 102 Å². The van der Waals surface area contributed by atoms with Crippen molar-refractivity contribution in [1.82, 2.24) is 4.98 Å². The number of fused-ring (bicyclic) bond motifs is 2. The molecule has 0 aliphatic carbocycles. The van der Waals surface area contributed by atoms with Crippen LogP contribution in [-0.4, -0.2) is 44.3 Å². The molecule has 2 atom stereocenters. The third-order valence-electron chi connectivity index (χ3n) is 7.27. The van der Waals surface area contributed by atoms with Crippen LogP contribution in [-0.2, 0) is 5.60 Å². The summed E-state index contributed by atoms with van der Waals surface area (Å²) in [6, 6.07) is 32.5. The van der Waals surface area contributed by atoms with E-state index in [0.717, 1.165) is 42.8 Å². The van der Waals surface area contributed by atoms with Crippen LogP contribution >= 0.6 is 39.9 Å². The van der Waals surface area contributed by atoms with Crippen molar-refractivity contribution >= 4 is 61.6 Å². The summed E-state index contributed by atoms with van der Waals surface area (Å²) in [5.74, 6) is -0.0396. The van der Waals surface area contributed by atoms with E-state index in [2.05, 4.69) is 79.5 Å². The number of methoxy groups -OCH3 is 1. The fourth-order valence-corrected chi connectivity index (χ4v) is 5.65. The minimum atomic E-state index is -1.48. The highest BCUT2D eigenvalue weighted by Gasteiger charge is 2.36. The zero-order valence-electron chi connectivity index (χ0n) is 22.7. The van der Waals surface area contributed by atoms with Gasteiger partial charge >= 0.3 is 0 Å². The third-order valence-corrected chi connectivity index (χ3v) is 7.76. The number of rotatable bonds is 8. The Labute approximate surface area is 256 Å². The van der Waals surface area contributed by atoms with Gasteiger partial charge in [0.2, 0.25) is 5.88 Å². The van der Waals surface area contributed by atoms with Crippen molar-refractivity contribution in [3.63, 3.8) is 0 Å². The molecule has 0 saturated heterocycles. The summed E-state index contributed by atoms with van der Waals surface area (Å²) in [5, 5.41) is 18.8. The largest absolute Gasteiger partial charge is 0.845 e. The van der Waals surface area contributed by atoms with Gasteiger partial charge in [-0.05, 0) is 47.0 Å². The molecular formula is C33H34BrIN2O2. The first kappa shape index (κ1) is 29.5. The number of hydrogen-bond acceptors (Lipinski definition) is 3. The predicted octanol–water partition coefficient (Wildman–Crippen LogP) is 7.26. The molecule has 0 spiro atoms. The van der Waals surface area contributed by atoms with Crippen LogP contribution in [0.1, 0.15) is 29.0 Å². The first-order valence-electron chi connectivity index (χ1n) is 12.9. The van der Waals surface area contributed by atoms with E-state index in [1.165, 1.54) is 0 Å². The number of hydrogen-bond donors (Lipinski definition) is 0. The molecule has 2 unspecified atom stereocenters. The van der Waals surface area contributed by atoms with Crippen LogP contribution in [0.25, 0.3) is 21.7 Å². The zero-order chi connectivity index (χ0) is 26.9. The first-order chi connectivity index (χ1) is 18.2. The summed E-state index contributed by atoms with van der Waals surface area (Å²) >= 11 is 3.60. The van der Waals surface area contributed by atoms with Crippen molar-refractivity contribution in [2.45, 2.75) is 17.9 Å². The molecule has 202 valence electrons. The molecule has 0 bridgehead atoms. The lowest BCUT2D eigenvalue weighted by molar-refractivity contribution is -0.872. The summed E-state index contributed by atoms with van der Waals surface area (Å²) in [6.45, 7) is 0.717. The quantitative estimate of drug-likeness (QED) is 0.127. The van der Waals surface area contributed by atoms with Crippen LogP contribution in [0, 0.1) is 0 Å². The van der Waals surface area contributed by atoms with Gasteiger partial charge in [0.15, 0.2) is 0 Å². The Kier molecular flexibility index (Phi) is 9.01. The third kappa shape index (κ3) is 6.30. The van der Waals surface area contributed by atoms with Crippen molar-refractivity contribution in [2.24, 2.45) is 0 Å². The lowest BCUT2D eigenvalue weighted by Crippen LogP contribution is -2.51. The molecule has 4 nitrogen and oxygen atoms in total. The summed E-state index contributed by atoms with van der Waals surface area (Å²) in [6.07, 6.45) is 0.439. The molecule has 0 aliphatic rings. The molecule has 0 radical (unpaired) electrons. The number of quaternary nitrogens is 1. The fraction of sp³-hybridized carbons (Fsp3) is 0.242. The number of nitrogens with zero attached hydrogens (tertiary/aromatic N) is 2. The number of ether oxygens (including phenoxy) is 1. The normalized spacial score (nSPS) is 14.0. The van der Waals surface area contributed by atoms with Crippen molar-refractivity contribution in [1.29, 1.82) is 0 Å². The molecule has 1 aromatic heterocycles. The topological polar surface area (TPSA) is 45.2 Å². The average molecular weight is 697 g/mol. The molecule has 0 aliphatic heterocycles. The molecule has 1 heterocycles. The number of halogens is 2. The second-order valence-corrected chi connectivity index (χ2v) is 11.9. The maximum Gasteiger partial charge on any atom is 0.217 e. The lowest BCUT2D eigenvalue weighted by atomic mass is 9.71. The molecule has 6 heteroatoms. The Hall–Kier alpha value is -2.52. The zero-order valence-corrected chi connectivity index (χ0v) is 26.6. The van der Waals surface area contributed by atoms with Crippen molar-refractivity contribution in [2.75, 3.05) is 34.8 Å². The molecule has 4 aromatic carbocycles. The van der Waals surface area contributed by atoms with Gasteiger partial charge in [0.05, 0.1) is 40.3 Å². The van der Waals surface area contributed by atoms with E-state index in [4.69, 9.17) is 9.72 Å². The molecule has 5 rings (SSSR count). The monoisotopic (exact) mass is 696 g/mol. The van der Waals surface area contributed by atoms with E-state index in [1.807, 2.05) is 54.6 Å². The van der Waals surface area contributed by atoms with Gasteiger partial charge in [0.1, 0.15) is 0 Å². The molecule has 0 fully saturated rings. The maximum absolute atomic E-state index is 15.7. The van der Waals surface area contributed by atoms with E-state index in [1.54, 1.807) is 7.11 Å². The van der Waals surface area contributed by atoms with E-state index >= 15 is 5.11 Å². The van der Waals surface area contributed by atoms with Crippen LogP contribution in [0.5, 0.6) is 5.88 Å². The standard InChI is InChI=1S/C33H33BrN2O2.HI/c1-36(2,3)19-18-33(37,27-15-14-23-10-8-9-13-25(23)20-27)31(24-11-6-5-7-12-24)29-22-26-21-28(34)16-17-30(26)35-32(29)38-4;/h5-17,20-22,31H,18-19H2,1-4H3;1H. The second-order valence-electron chi connectivity index (χ2n) is 11.0. The number of aromatic nitrogens is 1. The minimum Gasteiger partial charge on any atom is -0.845 e.